The van der Waals surface area contributed by atoms with E-state index in [9.17, 15) is 0 Å². The molecule has 0 radical (unpaired) electrons. The molecule has 0 aliphatic heterocycles. The SMILES string of the molecule is CCSc1cc(N)c(SCC)c(N)c1Cl. The molecule has 0 atom stereocenters. The smallest absolute Gasteiger partial charge is 0.0784 e. The molecular weight excluding hydrogens is 248 g/mol. The van der Waals surface area contributed by atoms with Crippen molar-refractivity contribution < 1.29 is 0 Å². The number of anilines is 2. The molecule has 0 spiro atoms. The standard InChI is InChI=1S/C10H15ClN2S2/c1-3-14-7-5-6(12)10(15-4-2)9(13)8(7)11/h5H,3-4,12-13H2,1-2H3. The second-order valence-corrected chi connectivity index (χ2v) is 5.84. The second-order valence-electron chi connectivity index (χ2n) is 2.89. The quantitative estimate of drug-likeness (QED) is 0.641. The molecule has 0 unspecified atom stereocenters. The summed E-state index contributed by atoms with van der Waals surface area (Å²) in [5.41, 5.74) is 13.2. The maximum Gasteiger partial charge on any atom is 0.0784 e. The van der Waals surface area contributed by atoms with Crippen molar-refractivity contribution in [2.75, 3.05) is 23.0 Å². The summed E-state index contributed by atoms with van der Waals surface area (Å²) in [4.78, 5) is 1.87. The molecule has 1 aromatic rings. The first-order valence-electron chi connectivity index (χ1n) is 4.74. The summed E-state index contributed by atoms with van der Waals surface area (Å²) in [6, 6.07) is 1.91. The van der Waals surface area contributed by atoms with Gasteiger partial charge in [0, 0.05) is 10.6 Å². The lowest BCUT2D eigenvalue weighted by atomic mass is 10.3. The highest BCUT2D eigenvalue weighted by molar-refractivity contribution is 8.00. The van der Waals surface area contributed by atoms with Crippen molar-refractivity contribution in [3.8, 4) is 0 Å². The van der Waals surface area contributed by atoms with Crippen molar-refractivity contribution >= 4 is 46.5 Å². The lowest BCUT2D eigenvalue weighted by Crippen LogP contribution is -1.98. The van der Waals surface area contributed by atoms with Crippen molar-refractivity contribution in [3.05, 3.63) is 11.1 Å². The number of thioether (sulfide) groups is 2. The lowest BCUT2D eigenvalue weighted by Gasteiger charge is -2.13. The fourth-order valence-corrected chi connectivity index (χ4v) is 3.12. The van der Waals surface area contributed by atoms with Gasteiger partial charge in [-0.2, -0.15) is 0 Å². The number of hydrogen-bond donors (Lipinski definition) is 2. The van der Waals surface area contributed by atoms with E-state index in [1.807, 2.05) is 6.07 Å². The van der Waals surface area contributed by atoms with Crippen LogP contribution < -0.4 is 11.5 Å². The molecule has 2 nitrogen and oxygen atoms in total. The first-order chi connectivity index (χ1) is 7.11. The third-order valence-electron chi connectivity index (χ3n) is 1.83. The summed E-state index contributed by atoms with van der Waals surface area (Å²) < 4.78 is 0. The summed E-state index contributed by atoms with van der Waals surface area (Å²) >= 11 is 9.45. The van der Waals surface area contributed by atoms with Crippen LogP contribution in [0.4, 0.5) is 11.4 Å². The zero-order valence-corrected chi connectivity index (χ0v) is 11.2. The molecule has 0 saturated heterocycles. The Hall–Kier alpha value is -0.190. The van der Waals surface area contributed by atoms with E-state index >= 15 is 0 Å². The number of benzene rings is 1. The third-order valence-corrected chi connectivity index (χ3v) is 4.31. The molecule has 0 amide bonds. The van der Waals surface area contributed by atoms with Gasteiger partial charge in [-0.25, -0.2) is 0 Å². The molecule has 0 saturated carbocycles. The number of hydrogen-bond acceptors (Lipinski definition) is 4. The molecule has 0 fully saturated rings. The summed E-state index contributed by atoms with van der Waals surface area (Å²) in [6.07, 6.45) is 0. The van der Waals surface area contributed by atoms with E-state index in [0.717, 1.165) is 27.0 Å². The van der Waals surface area contributed by atoms with Gasteiger partial charge in [-0.1, -0.05) is 25.4 Å². The summed E-state index contributed by atoms with van der Waals surface area (Å²) in [5, 5.41) is 0.631. The molecule has 5 heteroatoms. The Labute approximate surface area is 104 Å². The van der Waals surface area contributed by atoms with Gasteiger partial charge in [0.05, 0.1) is 15.6 Å². The van der Waals surface area contributed by atoms with Gasteiger partial charge in [-0.3, -0.25) is 0 Å². The van der Waals surface area contributed by atoms with Gasteiger partial charge in [0.1, 0.15) is 0 Å². The van der Waals surface area contributed by atoms with E-state index in [2.05, 4.69) is 13.8 Å². The van der Waals surface area contributed by atoms with Crippen LogP contribution in [-0.2, 0) is 0 Å². The average molecular weight is 263 g/mol. The number of nitrogens with two attached hydrogens (primary N) is 2. The first kappa shape index (κ1) is 12.9. The fraction of sp³-hybridized carbons (Fsp3) is 0.400. The molecule has 4 N–H and O–H groups in total. The first-order valence-corrected chi connectivity index (χ1v) is 7.09. The normalized spacial score (nSPS) is 10.6. The van der Waals surface area contributed by atoms with Crippen LogP contribution in [0.2, 0.25) is 5.02 Å². The molecule has 84 valence electrons. The Kier molecular flexibility index (Phi) is 4.96. The van der Waals surface area contributed by atoms with Gasteiger partial charge in [-0.15, -0.1) is 23.5 Å². The minimum atomic E-state index is 0.611. The second kappa shape index (κ2) is 5.77. The van der Waals surface area contributed by atoms with Crippen LogP contribution in [-0.4, -0.2) is 11.5 Å². The van der Waals surface area contributed by atoms with Gasteiger partial charge >= 0.3 is 0 Å². The Balaban J connectivity index is 3.18. The van der Waals surface area contributed by atoms with E-state index < -0.39 is 0 Å². The number of halogens is 1. The van der Waals surface area contributed by atoms with Crippen LogP contribution in [0, 0.1) is 0 Å². The summed E-state index contributed by atoms with van der Waals surface area (Å²) in [6.45, 7) is 4.13. The molecule has 0 heterocycles. The van der Waals surface area contributed by atoms with Crippen molar-refractivity contribution in [1.29, 1.82) is 0 Å². The topological polar surface area (TPSA) is 52.0 Å². The van der Waals surface area contributed by atoms with E-state index in [4.69, 9.17) is 23.1 Å². The van der Waals surface area contributed by atoms with Crippen LogP contribution in [0.3, 0.4) is 0 Å². The van der Waals surface area contributed by atoms with Crippen molar-refractivity contribution in [2.24, 2.45) is 0 Å². The van der Waals surface area contributed by atoms with Gasteiger partial charge < -0.3 is 11.5 Å². The molecule has 0 aliphatic rings. The van der Waals surface area contributed by atoms with E-state index in [1.165, 1.54) is 0 Å². The Morgan fingerprint density at radius 3 is 2.33 bits per heavy atom. The zero-order chi connectivity index (χ0) is 11.4. The molecule has 0 bridgehead atoms. The molecule has 1 aromatic carbocycles. The van der Waals surface area contributed by atoms with E-state index in [0.29, 0.717) is 10.7 Å². The molecule has 0 aromatic heterocycles. The molecule has 0 aliphatic carbocycles. The predicted octanol–water partition coefficient (Wildman–Crippen LogP) is 3.73. The lowest BCUT2D eigenvalue weighted by molar-refractivity contribution is 1.34. The van der Waals surface area contributed by atoms with E-state index in [-0.39, 0.29) is 0 Å². The molecule has 1 rings (SSSR count). The summed E-state index contributed by atoms with van der Waals surface area (Å²) in [7, 11) is 0. The third kappa shape index (κ3) is 2.89. The highest BCUT2D eigenvalue weighted by atomic mass is 35.5. The Bertz CT molecular complexity index is 356. The largest absolute Gasteiger partial charge is 0.398 e. The van der Waals surface area contributed by atoms with Crippen LogP contribution >= 0.6 is 35.1 Å². The molecule has 15 heavy (non-hydrogen) atoms. The predicted molar refractivity (Wildman–Crippen MR) is 73.1 cm³/mol. The van der Waals surface area contributed by atoms with Crippen LogP contribution in [0.5, 0.6) is 0 Å². The maximum atomic E-state index is 6.17. The van der Waals surface area contributed by atoms with Crippen molar-refractivity contribution in [2.45, 2.75) is 23.6 Å². The minimum Gasteiger partial charge on any atom is -0.398 e. The van der Waals surface area contributed by atoms with Crippen LogP contribution in [0.1, 0.15) is 13.8 Å². The Morgan fingerprint density at radius 1 is 1.20 bits per heavy atom. The fourth-order valence-electron chi connectivity index (χ4n) is 1.22. The van der Waals surface area contributed by atoms with Crippen molar-refractivity contribution in [3.63, 3.8) is 0 Å². The average Bonchev–Trinajstić information content (AvgIpc) is 2.21. The monoisotopic (exact) mass is 262 g/mol. The van der Waals surface area contributed by atoms with Crippen molar-refractivity contribution in [1.82, 2.24) is 0 Å². The number of nitrogen functional groups attached to an aromatic ring is 2. The highest BCUT2D eigenvalue weighted by Gasteiger charge is 2.12. The zero-order valence-electron chi connectivity index (χ0n) is 8.84. The van der Waals surface area contributed by atoms with Gasteiger partial charge in [-0.05, 0) is 17.6 Å². The minimum absolute atomic E-state index is 0.611. The molecular formula is C10H15ClN2S2. The van der Waals surface area contributed by atoms with Crippen LogP contribution in [0.25, 0.3) is 0 Å². The highest BCUT2D eigenvalue weighted by Crippen LogP contribution is 2.41. The van der Waals surface area contributed by atoms with Gasteiger partial charge in [0.2, 0.25) is 0 Å². The number of rotatable bonds is 4. The Morgan fingerprint density at radius 2 is 1.80 bits per heavy atom. The van der Waals surface area contributed by atoms with Gasteiger partial charge in [0.25, 0.3) is 0 Å². The van der Waals surface area contributed by atoms with Crippen LogP contribution in [0.15, 0.2) is 15.9 Å². The summed E-state index contributed by atoms with van der Waals surface area (Å²) in [5.74, 6) is 1.89. The van der Waals surface area contributed by atoms with Gasteiger partial charge in [0.15, 0.2) is 0 Å². The van der Waals surface area contributed by atoms with E-state index in [1.54, 1.807) is 23.5 Å². The maximum absolute atomic E-state index is 6.17.